The largest absolute Gasteiger partial charge is 0.478 e. The second-order valence-corrected chi connectivity index (χ2v) is 11.4. The predicted octanol–water partition coefficient (Wildman–Crippen LogP) is 5.51. The van der Waals surface area contributed by atoms with E-state index in [-0.39, 0.29) is 16.8 Å². The number of nitrogens with one attached hydrogen (secondary N) is 1. The van der Waals surface area contributed by atoms with E-state index in [0.29, 0.717) is 36.8 Å². The maximum absolute atomic E-state index is 13.2. The standard InChI is InChI=1S/C26H27NO3.C6H13NO/c1-4-19-24(25(29)30)22(23-20(27-19)14-26(2,3)15-21(23)28)18-12-10-17(11-13-18)16-8-6-5-7-9-16;1-7-4-2-3-6(7)5-8/h5-13,22,27H,4,14-15H2,1-3H3,(H,29,30);6,8H,2-5H2,1H3. The van der Waals surface area contributed by atoms with Gasteiger partial charge in [-0.3, -0.25) is 4.79 Å². The summed E-state index contributed by atoms with van der Waals surface area (Å²) in [6.07, 6.45) is 4.17. The van der Waals surface area contributed by atoms with Crippen molar-refractivity contribution in [2.45, 2.75) is 64.8 Å². The Morgan fingerprint density at radius 2 is 1.71 bits per heavy atom. The van der Waals surface area contributed by atoms with Crippen LogP contribution in [0, 0.1) is 5.41 Å². The van der Waals surface area contributed by atoms with Gasteiger partial charge in [-0.25, -0.2) is 4.79 Å². The number of aliphatic hydroxyl groups excluding tert-OH is 1. The number of nitrogens with zero attached hydrogens (tertiary/aromatic N) is 1. The van der Waals surface area contributed by atoms with Gasteiger partial charge in [0.1, 0.15) is 0 Å². The zero-order chi connectivity index (χ0) is 27.4. The molecule has 3 aliphatic rings. The Morgan fingerprint density at radius 1 is 1.05 bits per heavy atom. The number of allylic oxidation sites excluding steroid dienone is 3. The van der Waals surface area contributed by atoms with Gasteiger partial charge in [-0.05, 0) is 61.4 Å². The predicted molar refractivity (Wildman–Crippen MR) is 150 cm³/mol. The molecule has 0 saturated carbocycles. The quantitative estimate of drug-likeness (QED) is 0.486. The molecule has 6 heteroatoms. The molecule has 0 spiro atoms. The van der Waals surface area contributed by atoms with Crippen LogP contribution in [0.5, 0.6) is 0 Å². The monoisotopic (exact) mass is 516 g/mol. The highest BCUT2D eigenvalue weighted by atomic mass is 16.4. The third kappa shape index (κ3) is 5.92. The molecule has 2 heterocycles. The van der Waals surface area contributed by atoms with E-state index in [1.807, 2.05) is 61.5 Å². The smallest absolute Gasteiger partial charge is 0.334 e. The highest BCUT2D eigenvalue weighted by Gasteiger charge is 2.43. The maximum atomic E-state index is 13.2. The molecule has 0 bridgehead atoms. The van der Waals surface area contributed by atoms with E-state index < -0.39 is 11.9 Å². The minimum Gasteiger partial charge on any atom is -0.478 e. The van der Waals surface area contributed by atoms with Gasteiger partial charge < -0.3 is 20.4 Å². The number of carbonyl (C=O) groups is 2. The van der Waals surface area contributed by atoms with Crippen LogP contribution in [0.4, 0.5) is 0 Å². The number of rotatable bonds is 5. The van der Waals surface area contributed by atoms with E-state index in [4.69, 9.17) is 5.11 Å². The molecule has 2 aromatic rings. The molecular weight excluding hydrogens is 476 g/mol. The Bertz CT molecular complexity index is 1230. The lowest BCUT2D eigenvalue weighted by Crippen LogP contribution is -2.38. The number of dihydropyridines is 1. The fraction of sp³-hybridized carbons (Fsp3) is 0.438. The first-order chi connectivity index (χ1) is 18.1. The molecule has 5 rings (SSSR count). The molecule has 2 aliphatic heterocycles. The normalized spacial score (nSPS) is 22.9. The molecule has 2 aromatic carbocycles. The van der Waals surface area contributed by atoms with Gasteiger partial charge in [0.2, 0.25) is 0 Å². The molecule has 38 heavy (non-hydrogen) atoms. The molecule has 0 aromatic heterocycles. The van der Waals surface area contributed by atoms with Crippen LogP contribution >= 0.6 is 0 Å². The third-order valence-corrected chi connectivity index (χ3v) is 7.94. The minimum atomic E-state index is -0.972. The van der Waals surface area contributed by atoms with Crippen LogP contribution in [0.15, 0.2) is 77.1 Å². The van der Waals surface area contributed by atoms with Crippen LogP contribution in [-0.4, -0.2) is 53.1 Å². The van der Waals surface area contributed by atoms with Crippen molar-refractivity contribution in [1.29, 1.82) is 0 Å². The van der Waals surface area contributed by atoms with Crippen molar-refractivity contribution in [1.82, 2.24) is 10.2 Å². The first-order valence-corrected chi connectivity index (χ1v) is 13.6. The van der Waals surface area contributed by atoms with Gasteiger partial charge in [-0.15, -0.1) is 0 Å². The lowest BCUT2D eigenvalue weighted by molar-refractivity contribution is -0.133. The number of aliphatic hydroxyl groups is 1. The molecule has 0 radical (unpaired) electrons. The molecule has 1 saturated heterocycles. The van der Waals surface area contributed by atoms with E-state index >= 15 is 0 Å². The molecular formula is C32H40N2O4. The highest BCUT2D eigenvalue weighted by molar-refractivity contribution is 6.03. The van der Waals surface area contributed by atoms with Gasteiger partial charge in [0.05, 0.1) is 12.2 Å². The number of hydrogen-bond donors (Lipinski definition) is 3. The summed E-state index contributed by atoms with van der Waals surface area (Å²) in [7, 11) is 2.06. The number of likely N-dealkylation sites (tertiary alicyclic amines) is 1. The second kappa shape index (κ2) is 11.7. The topological polar surface area (TPSA) is 89.9 Å². The first kappa shape index (κ1) is 27.8. The van der Waals surface area contributed by atoms with Crippen LogP contribution in [0.3, 0.4) is 0 Å². The second-order valence-electron chi connectivity index (χ2n) is 11.4. The summed E-state index contributed by atoms with van der Waals surface area (Å²) in [5, 5.41) is 22.1. The fourth-order valence-corrected chi connectivity index (χ4v) is 5.92. The number of likely N-dealkylation sites (N-methyl/N-ethyl adjacent to an activating group) is 1. The Hall–Kier alpha value is -3.22. The van der Waals surface area contributed by atoms with Crippen LogP contribution < -0.4 is 5.32 Å². The lowest BCUT2D eigenvalue weighted by atomic mass is 9.68. The van der Waals surface area contributed by atoms with Crippen LogP contribution in [0.25, 0.3) is 11.1 Å². The van der Waals surface area contributed by atoms with Gasteiger partial charge >= 0.3 is 5.97 Å². The third-order valence-electron chi connectivity index (χ3n) is 7.94. The van der Waals surface area contributed by atoms with Crippen molar-refractivity contribution in [3.8, 4) is 11.1 Å². The molecule has 2 unspecified atom stereocenters. The maximum Gasteiger partial charge on any atom is 0.334 e. The first-order valence-electron chi connectivity index (χ1n) is 13.6. The summed E-state index contributed by atoms with van der Waals surface area (Å²) in [5.74, 6) is -1.47. The average Bonchev–Trinajstić information content (AvgIpc) is 3.32. The lowest BCUT2D eigenvalue weighted by Gasteiger charge is -2.39. The molecule has 202 valence electrons. The van der Waals surface area contributed by atoms with Crippen molar-refractivity contribution in [3.63, 3.8) is 0 Å². The van der Waals surface area contributed by atoms with E-state index in [9.17, 15) is 14.7 Å². The Morgan fingerprint density at radius 3 is 2.24 bits per heavy atom. The van der Waals surface area contributed by atoms with Crippen molar-refractivity contribution in [3.05, 3.63) is 82.7 Å². The van der Waals surface area contributed by atoms with Gasteiger partial charge in [-0.1, -0.05) is 75.4 Å². The van der Waals surface area contributed by atoms with E-state index in [0.717, 1.165) is 35.4 Å². The Kier molecular flexibility index (Phi) is 8.54. The number of aliphatic carboxylic acids is 1. The number of benzene rings is 2. The number of carbonyl (C=O) groups excluding carboxylic acids is 1. The van der Waals surface area contributed by atoms with Crippen molar-refractivity contribution < 1.29 is 19.8 Å². The van der Waals surface area contributed by atoms with E-state index in [2.05, 4.69) is 31.1 Å². The molecule has 6 nitrogen and oxygen atoms in total. The number of carboxylic acid groups (broad SMARTS) is 1. The zero-order valence-electron chi connectivity index (χ0n) is 23.0. The fourth-order valence-electron chi connectivity index (χ4n) is 5.92. The average molecular weight is 517 g/mol. The van der Waals surface area contributed by atoms with Gasteiger partial charge in [0.15, 0.2) is 5.78 Å². The molecule has 2 atom stereocenters. The summed E-state index contributed by atoms with van der Waals surface area (Å²) in [6.45, 7) is 7.61. The summed E-state index contributed by atoms with van der Waals surface area (Å²) in [6, 6.07) is 18.5. The molecule has 1 fully saturated rings. The summed E-state index contributed by atoms with van der Waals surface area (Å²) in [5.41, 5.74) is 5.38. The number of ketones is 1. The molecule has 3 N–H and O–H groups in total. The van der Waals surface area contributed by atoms with Gasteiger partial charge in [0.25, 0.3) is 0 Å². The zero-order valence-corrected chi connectivity index (χ0v) is 23.0. The van der Waals surface area contributed by atoms with Crippen molar-refractivity contribution in [2.75, 3.05) is 20.2 Å². The highest BCUT2D eigenvalue weighted by Crippen LogP contribution is 2.47. The van der Waals surface area contributed by atoms with Gasteiger partial charge in [0, 0.05) is 35.3 Å². The summed E-state index contributed by atoms with van der Waals surface area (Å²) >= 11 is 0. The molecule has 1 aliphatic carbocycles. The van der Waals surface area contributed by atoms with E-state index in [1.54, 1.807) is 0 Å². The van der Waals surface area contributed by atoms with Crippen molar-refractivity contribution >= 4 is 11.8 Å². The minimum absolute atomic E-state index is 0.0415. The number of carboxylic acids is 1. The Labute approximate surface area is 226 Å². The molecule has 0 amide bonds. The van der Waals surface area contributed by atoms with Crippen molar-refractivity contribution in [2.24, 2.45) is 5.41 Å². The van der Waals surface area contributed by atoms with E-state index in [1.165, 1.54) is 12.8 Å². The van der Waals surface area contributed by atoms with Crippen LogP contribution in [-0.2, 0) is 9.59 Å². The number of Topliss-reactive ketones (excluding diaryl/α,β-unsaturated/α-hetero) is 1. The summed E-state index contributed by atoms with van der Waals surface area (Å²) < 4.78 is 0. The van der Waals surface area contributed by atoms with Crippen LogP contribution in [0.2, 0.25) is 0 Å². The Balaban J connectivity index is 0.000000360. The SMILES string of the molecule is CCC1=C(C(=O)O)C(c2ccc(-c3ccccc3)cc2)C2=C(CC(C)(C)CC2=O)N1.CN1CCCC1CO. The van der Waals surface area contributed by atoms with Crippen LogP contribution in [0.1, 0.15) is 64.4 Å². The number of hydrogen-bond acceptors (Lipinski definition) is 5. The van der Waals surface area contributed by atoms with Gasteiger partial charge in [-0.2, -0.15) is 0 Å². The summed E-state index contributed by atoms with van der Waals surface area (Å²) in [4.78, 5) is 27.6.